The molecule has 2 heterocycles. The molecular formula is C20H19N3O2. The van der Waals surface area contributed by atoms with Crippen molar-refractivity contribution in [2.24, 2.45) is 5.92 Å². The Morgan fingerprint density at radius 2 is 2.16 bits per heavy atom. The van der Waals surface area contributed by atoms with Gasteiger partial charge in [0.15, 0.2) is 0 Å². The van der Waals surface area contributed by atoms with Crippen LogP contribution in [-0.2, 0) is 11.3 Å². The van der Waals surface area contributed by atoms with Crippen LogP contribution in [0.15, 0.2) is 54.9 Å². The molecule has 5 heteroatoms. The highest BCUT2D eigenvalue weighted by atomic mass is 16.5. The minimum absolute atomic E-state index is 0.0409. The Kier molecular flexibility index (Phi) is 4.06. The molecule has 0 spiro atoms. The van der Waals surface area contributed by atoms with Crippen molar-refractivity contribution in [3.63, 3.8) is 0 Å². The highest BCUT2D eigenvalue weighted by Gasteiger charge is 2.43. The molecule has 1 saturated carbocycles. The first-order chi connectivity index (χ1) is 12.3. The van der Waals surface area contributed by atoms with E-state index in [9.17, 15) is 4.79 Å². The molecule has 0 unspecified atom stereocenters. The quantitative estimate of drug-likeness (QED) is 0.779. The summed E-state index contributed by atoms with van der Waals surface area (Å²) < 4.78 is 5.27. The molecule has 3 aromatic rings. The maximum atomic E-state index is 12.5. The molecule has 1 aromatic carbocycles. The van der Waals surface area contributed by atoms with Gasteiger partial charge < -0.3 is 10.1 Å². The number of benzene rings is 1. The van der Waals surface area contributed by atoms with Crippen LogP contribution in [0.25, 0.3) is 10.9 Å². The van der Waals surface area contributed by atoms with E-state index in [1.54, 1.807) is 13.3 Å². The first-order valence-corrected chi connectivity index (χ1v) is 8.36. The van der Waals surface area contributed by atoms with E-state index in [1.807, 2.05) is 48.7 Å². The number of carbonyl (C=O) groups is 1. The van der Waals surface area contributed by atoms with Crippen LogP contribution in [0.1, 0.15) is 23.5 Å². The standard InChI is InChI=1S/C20H19N3O2/c1-25-19-9-14(15-6-2-3-7-18(15)23-19)12-22-20(24)17-10-16(17)13-5-4-8-21-11-13/h2-9,11,16-17H,10,12H2,1H3,(H,22,24)/t16-,17-/m1/s1. The molecule has 25 heavy (non-hydrogen) atoms. The molecule has 1 fully saturated rings. The molecule has 2 atom stereocenters. The maximum Gasteiger partial charge on any atom is 0.224 e. The van der Waals surface area contributed by atoms with Gasteiger partial charge in [-0.2, -0.15) is 0 Å². The van der Waals surface area contributed by atoms with Crippen molar-refractivity contribution in [3.05, 3.63) is 66.0 Å². The number of pyridine rings is 2. The van der Waals surface area contributed by atoms with Gasteiger partial charge in [0.2, 0.25) is 11.8 Å². The molecule has 1 N–H and O–H groups in total. The molecule has 4 rings (SSSR count). The van der Waals surface area contributed by atoms with Gasteiger partial charge >= 0.3 is 0 Å². The fourth-order valence-electron chi connectivity index (χ4n) is 3.23. The molecule has 5 nitrogen and oxygen atoms in total. The number of amides is 1. The lowest BCUT2D eigenvalue weighted by Crippen LogP contribution is -2.25. The monoisotopic (exact) mass is 333 g/mol. The zero-order chi connectivity index (χ0) is 17.2. The van der Waals surface area contributed by atoms with Crippen molar-refractivity contribution in [2.45, 2.75) is 18.9 Å². The molecular weight excluding hydrogens is 314 g/mol. The van der Waals surface area contributed by atoms with Crippen molar-refractivity contribution >= 4 is 16.8 Å². The maximum absolute atomic E-state index is 12.5. The van der Waals surface area contributed by atoms with Crippen LogP contribution in [0, 0.1) is 5.92 Å². The van der Waals surface area contributed by atoms with Crippen LogP contribution in [0.3, 0.4) is 0 Å². The number of fused-ring (bicyclic) bond motifs is 1. The smallest absolute Gasteiger partial charge is 0.224 e. The van der Waals surface area contributed by atoms with Crippen LogP contribution in [0.4, 0.5) is 0 Å². The highest BCUT2D eigenvalue weighted by Crippen LogP contribution is 2.47. The van der Waals surface area contributed by atoms with Crippen molar-refractivity contribution in [1.82, 2.24) is 15.3 Å². The van der Waals surface area contributed by atoms with Crippen LogP contribution < -0.4 is 10.1 Å². The van der Waals surface area contributed by atoms with Gasteiger partial charge in [0, 0.05) is 36.3 Å². The van der Waals surface area contributed by atoms with Crippen LogP contribution >= 0.6 is 0 Å². The number of nitrogens with zero attached hydrogens (tertiary/aromatic N) is 2. The van der Waals surface area contributed by atoms with Crippen molar-refractivity contribution in [3.8, 4) is 5.88 Å². The zero-order valence-corrected chi connectivity index (χ0v) is 14.0. The number of hydrogen-bond donors (Lipinski definition) is 1. The number of rotatable bonds is 5. The highest BCUT2D eigenvalue weighted by molar-refractivity contribution is 5.85. The predicted molar refractivity (Wildman–Crippen MR) is 95.2 cm³/mol. The number of hydrogen-bond acceptors (Lipinski definition) is 4. The third kappa shape index (κ3) is 3.18. The van der Waals surface area contributed by atoms with E-state index in [0.29, 0.717) is 12.4 Å². The number of aromatic nitrogens is 2. The van der Waals surface area contributed by atoms with E-state index in [0.717, 1.165) is 28.5 Å². The van der Waals surface area contributed by atoms with Crippen molar-refractivity contribution in [2.75, 3.05) is 7.11 Å². The Morgan fingerprint density at radius 1 is 1.28 bits per heavy atom. The first-order valence-electron chi connectivity index (χ1n) is 8.36. The minimum atomic E-state index is 0.0409. The van der Waals surface area contributed by atoms with E-state index in [-0.39, 0.29) is 17.7 Å². The summed E-state index contributed by atoms with van der Waals surface area (Å²) in [5, 5.41) is 4.09. The third-order valence-corrected chi connectivity index (χ3v) is 4.68. The third-order valence-electron chi connectivity index (χ3n) is 4.68. The Balaban J connectivity index is 1.47. The summed E-state index contributed by atoms with van der Waals surface area (Å²) in [6.07, 6.45) is 4.49. The van der Waals surface area contributed by atoms with Crippen molar-refractivity contribution < 1.29 is 9.53 Å². The Bertz CT molecular complexity index is 911. The van der Waals surface area contributed by atoms with Gasteiger partial charge in [-0.1, -0.05) is 24.3 Å². The Morgan fingerprint density at radius 3 is 2.96 bits per heavy atom. The fraction of sp³-hybridized carbons (Fsp3) is 0.250. The summed E-state index contributed by atoms with van der Waals surface area (Å²) in [7, 11) is 1.60. The zero-order valence-electron chi connectivity index (χ0n) is 14.0. The van der Waals surface area contributed by atoms with Crippen LogP contribution in [0.5, 0.6) is 5.88 Å². The summed E-state index contributed by atoms with van der Waals surface area (Å²) in [5.74, 6) is 0.980. The van der Waals surface area contributed by atoms with E-state index in [1.165, 1.54) is 0 Å². The van der Waals surface area contributed by atoms with E-state index in [2.05, 4.69) is 15.3 Å². The van der Waals surface area contributed by atoms with Crippen LogP contribution in [-0.4, -0.2) is 23.0 Å². The molecule has 1 aliphatic carbocycles. The SMILES string of the molecule is COc1cc(CNC(=O)[C@@H]2C[C@@H]2c2cccnc2)c2ccccc2n1. The van der Waals surface area contributed by atoms with Gasteiger partial charge in [-0.25, -0.2) is 4.98 Å². The summed E-state index contributed by atoms with van der Waals surface area (Å²) in [4.78, 5) is 21.0. The van der Waals surface area contributed by atoms with Gasteiger partial charge in [0.1, 0.15) is 0 Å². The molecule has 1 amide bonds. The summed E-state index contributed by atoms with van der Waals surface area (Å²) >= 11 is 0. The molecule has 0 aliphatic heterocycles. The summed E-state index contributed by atoms with van der Waals surface area (Å²) in [6, 6.07) is 13.7. The molecule has 2 aromatic heterocycles. The fourth-order valence-corrected chi connectivity index (χ4v) is 3.23. The molecule has 0 bridgehead atoms. The second kappa shape index (κ2) is 6.51. The lowest BCUT2D eigenvalue weighted by Gasteiger charge is -2.10. The number of para-hydroxylation sites is 1. The van der Waals surface area contributed by atoms with Crippen molar-refractivity contribution in [1.29, 1.82) is 0 Å². The second-order valence-electron chi connectivity index (χ2n) is 6.29. The lowest BCUT2D eigenvalue weighted by atomic mass is 10.1. The Labute approximate surface area is 146 Å². The predicted octanol–water partition coefficient (Wildman–Crippen LogP) is 3.06. The number of nitrogens with one attached hydrogen (secondary N) is 1. The van der Waals surface area contributed by atoms with Gasteiger partial charge in [0.05, 0.1) is 12.6 Å². The lowest BCUT2D eigenvalue weighted by molar-refractivity contribution is -0.122. The average Bonchev–Trinajstić information content (AvgIpc) is 3.47. The molecule has 0 radical (unpaired) electrons. The summed E-state index contributed by atoms with van der Waals surface area (Å²) in [6.45, 7) is 0.467. The topological polar surface area (TPSA) is 64.1 Å². The number of ether oxygens (including phenoxy) is 1. The molecule has 1 aliphatic rings. The van der Waals surface area contributed by atoms with Gasteiger partial charge in [-0.3, -0.25) is 9.78 Å². The number of methoxy groups -OCH3 is 1. The van der Waals surface area contributed by atoms with Gasteiger partial charge in [0.25, 0.3) is 0 Å². The molecule has 0 saturated heterocycles. The normalized spacial score (nSPS) is 18.8. The van der Waals surface area contributed by atoms with E-state index >= 15 is 0 Å². The van der Waals surface area contributed by atoms with E-state index < -0.39 is 0 Å². The van der Waals surface area contributed by atoms with Gasteiger partial charge in [-0.05, 0) is 35.6 Å². The van der Waals surface area contributed by atoms with Crippen LogP contribution in [0.2, 0.25) is 0 Å². The first kappa shape index (κ1) is 15.6. The number of carbonyl (C=O) groups excluding carboxylic acids is 1. The van der Waals surface area contributed by atoms with Gasteiger partial charge in [-0.15, -0.1) is 0 Å². The molecule has 126 valence electrons. The summed E-state index contributed by atoms with van der Waals surface area (Å²) in [5.41, 5.74) is 3.01. The average molecular weight is 333 g/mol. The van der Waals surface area contributed by atoms with E-state index in [4.69, 9.17) is 4.74 Å². The second-order valence-corrected chi connectivity index (χ2v) is 6.29. The Hall–Kier alpha value is -2.95. The minimum Gasteiger partial charge on any atom is -0.481 e. The largest absolute Gasteiger partial charge is 0.481 e.